The third-order valence-corrected chi connectivity index (χ3v) is 16.4. The van der Waals surface area contributed by atoms with Crippen molar-refractivity contribution in [2.45, 2.75) is 105 Å². The third-order valence-electron chi connectivity index (χ3n) is 16.4. The van der Waals surface area contributed by atoms with Crippen molar-refractivity contribution in [1.82, 2.24) is 9.55 Å². The van der Waals surface area contributed by atoms with E-state index in [-0.39, 0.29) is 21.7 Å². The number of ether oxygens (including phenoxy) is 1. The van der Waals surface area contributed by atoms with E-state index in [1.54, 1.807) is 0 Å². The zero-order valence-electron chi connectivity index (χ0n) is 49.2. The summed E-state index contributed by atoms with van der Waals surface area (Å²) in [5.41, 5.74) is 21.3. The summed E-state index contributed by atoms with van der Waals surface area (Å²) < 4.78 is 9.34. The van der Waals surface area contributed by atoms with E-state index >= 15 is 0 Å². The Labute approximate surface area is 480 Å². The van der Waals surface area contributed by atoms with Gasteiger partial charge in [-0.05, 0) is 126 Å². The topological polar surface area (TPSA) is 33.5 Å². The lowest BCUT2D eigenvalue weighted by Gasteiger charge is -2.27. The minimum Gasteiger partial charge on any atom is -0.457 e. The number of benzene rings is 9. The smallest absolute Gasteiger partial charge is 0.137 e. The van der Waals surface area contributed by atoms with Crippen LogP contribution in [0.2, 0.25) is 0 Å². The molecule has 0 saturated carbocycles. The molecule has 12 rings (SSSR count). The fourth-order valence-corrected chi connectivity index (χ4v) is 11.8. The number of nitrogens with zero attached hydrogens (tertiary/aromatic N) is 4. The first-order chi connectivity index (χ1) is 38.7. The molecule has 0 N–H and O–H groups in total. The van der Waals surface area contributed by atoms with Gasteiger partial charge in [0.25, 0.3) is 0 Å². The number of fused-ring (bicyclic) bond motifs is 4. The van der Waals surface area contributed by atoms with Crippen LogP contribution in [-0.4, -0.2) is 16.2 Å². The highest BCUT2D eigenvalue weighted by Gasteiger charge is 2.32. The molecule has 9 aromatic carbocycles. The first kappa shape index (κ1) is 53.0. The van der Waals surface area contributed by atoms with E-state index in [2.05, 4.69) is 316 Å². The SMILES string of the molecule is CC(C)(C)c1ccc(-c2ccc3c(c2)c2ccc(Oc4cccc(N5CN(c6c(-c7ccccc7)cccc6-c6ccc(C(C)(C)C)cc6)c6ccccc65)c4)cc2n3-c2cc(C(C)(C)C)c(-c3ccc(C(C)(C)C)cc3)cn2)cc1. The van der Waals surface area contributed by atoms with Crippen LogP contribution in [0.3, 0.4) is 0 Å². The predicted octanol–water partition coefficient (Wildman–Crippen LogP) is 21.1. The van der Waals surface area contributed by atoms with Crippen molar-refractivity contribution < 1.29 is 4.74 Å². The molecular weight excluding hydrogens is 985 g/mol. The molecular formula is C76H74N4O. The number of aromatic nitrogens is 2. The average molecular weight is 1060 g/mol. The Bertz CT molecular complexity index is 4120. The van der Waals surface area contributed by atoms with Crippen molar-refractivity contribution in [3.63, 3.8) is 0 Å². The minimum atomic E-state index is -0.168. The van der Waals surface area contributed by atoms with Gasteiger partial charge in [0.15, 0.2) is 0 Å². The molecule has 404 valence electrons. The Kier molecular flexibility index (Phi) is 13.2. The predicted molar refractivity (Wildman–Crippen MR) is 344 cm³/mol. The number of rotatable bonds is 9. The third kappa shape index (κ3) is 10.2. The van der Waals surface area contributed by atoms with Crippen LogP contribution in [0.25, 0.3) is 72.1 Å². The van der Waals surface area contributed by atoms with E-state index in [9.17, 15) is 0 Å². The number of anilines is 4. The molecule has 5 nitrogen and oxygen atoms in total. The molecule has 0 saturated heterocycles. The second-order valence-corrected chi connectivity index (χ2v) is 26.2. The molecule has 0 amide bonds. The van der Waals surface area contributed by atoms with Crippen LogP contribution < -0.4 is 14.5 Å². The van der Waals surface area contributed by atoms with Gasteiger partial charge in [-0.1, -0.05) is 229 Å². The van der Waals surface area contributed by atoms with Crippen LogP contribution in [0.15, 0.2) is 219 Å². The Balaban J connectivity index is 0.939. The molecule has 81 heavy (non-hydrogen) atoms. The van der Waals surface area contributed by atoms with Crippen molar-refractivity contribution in [2.75, 3.05) is 16.5 Å². The van der Waals surface area contributed by atoms with Crippen LogP contribution in [0, 0.1) is 0 Å². The maximum atomic E-state index is 7.01. The second kappa shape index (κ2) is 20.1. The molecule has 2 aromatic heterocycles. The summed E-state index contributed by atoms with van der Waals surface area (Å²) in [5, 5.41) is 2.29. The highest BCUT2D eigenvalue weighted by molar-refractivity contribution is 6.11. The summed E-state index contributed by atoms with van der Waals surface area (Å²) in [6.07, 6.45) is 2.08. The molecule has 1 aliphatic heterocycles. The molecule has 0 unspecified atom stereocenters. The van der Waals surface area contributed by atoms with Gasteiger partial charge in [0.1, 0.15) is 24.0 Å². The molecule has 0 bridgehead atoms. The van der Waals surface area contributed by atoms with Crippen molar-refractivity contribution in [1.29, 1.82) is 0 Å². The molecule has 0 fully saturated rings. The van der Waals surface area contributed by atoms with Crippen molar-refractivity contribution in [3.8, 4) is 61.8 Å². The highest BCUT2D eigenvalue weighted by atomic mass is 16.5. The highest BCUT2D eigenvalue weighted by Crippen LogP contribution is 2.51. The maximum absolute atomic E-state index is 7.01. The molecule has 11 aromatic rings. The Morgan fingerprint density at radius 3 is 1.48 bits per heavy atom. The summed E-state index contributed by atoms with van der Waals surface area (Å²) in [4.78, 5) is 10.2. The summed E-state index contributed by atoms with van der Waals surface area (Å²) in [6, 6.07) is 77.8. The van der Waals surface area contributed by atoms with Crippen molar-refractivity contribution in [2.24, 2.45) is 0 Å². The molecule has 0 radical (unpaired) electrons. The first-order valence-electron chi connectivity index (χ1n) is 28.7. The van der Waals surface area contributed by atoms with Crippen LogP contribution >= 0.6 is 0 Å². The van der Waals surface area contributed by atoms with E-state index in [1.807, 2.05) is 0 Å². The molecule has 1 aliphatic rings. The van der Waals surface area contributed by atoms with Crippen LogP contribution in [0.1, 0.15) is 105 Å². The van der Waals surface area contributed by atoms with E-state index in [1.165, 1.54) is 66.9 Å². The standard InChI is InChI=1S/C76H74N4O/c1-73(2,3)55-35-28-50(29-36-55)54-34-43-67-64(44-54)63-42-41-60(46-70(63)80(67)71-47-66(76(10,11)12)65(48-77-71)53-32-39-57(40-33-53)75(7,8)9)81-59-23-18-22-58(45-59)78-49-79(69-27-17-16-26-68(69)78)72-61(51-20-14-13-15-21-51)24-19-25-62(72)52-30-37-56(38-31-52)74(4,5)6/h13-48H,49H2,1-12H3. The summed E-state index contributed by atoms with van der Waals surface area (Å²) in [5.74, 6) is 2.37. The normalized spacial score (nSPS) is 13.1. The lowest BCUT2D eigenvalue weighted by molar-refractivity contribution is 0.483. The lowest BCUT2D eigenvalue weighted by atomic mass is 9.81. The van der Waals surface area contributed by atoms with Gasteiger partial charge in [-0.2, -0.15) is 0 Å². The summed E-state index contributed by atoms with van der Waals surface area (Å²) >= 11 is 0. The quantitative estimate of drug-likeness (QED) is 0.144. The zero-order chi connectivity index (χ0) is 56.6. The number of hydrogen-bond acceptors (Lipinski definition) is 4. The van der Waals surface area contributed by atoms with Gasteiger partial charge in [-0.25, -0.2) is 4.98 Å². The van der Waals surface area contributed by atoms with E-state index in [0.29, 0.717) is 6.67 Å². The van der Waals surface area contributed by atoms with Gasteiger partial charge < -0.3 is 14.5 Å². The number of hydrogen-bond donors (Lipinski definition) is 0. The monoisotopic (exact) mass is 1060 g/mol. The van der Waals surface area contributed by atoms with Gasteiger partial charge in [0.05, 0.1) is 28.1 Å². The van der Waals surface area contributed by atoms with Crippen LogP contribution in [0.5, 0.6) is 11.5 Å². The van der Waals surface area contributed by atoms with E-state index < -0.39 is 0 Å². The average Bonchev–Trinajstić information content (AvgIpc) is 3.55. The minimum absolute atomic E-state index is 0.0543. The first-order valence-corrected chi connectivity index (χ1v) is 28.7. The molecule has 0 spiro atoms. The van der Waals surface area contributed by atoms with Gasteiger partial charge in [0.2, 0.25) is 0 Å². The van der Waals surface area contributed by atoms with Gasteiger partial charge in [-0.3, -0.25) is 4.57 Å². The fraction of sp³-hybridized carbons (Fsp3) is 0.224. The van der Waals surface area contributed by atoms with Crippen molar-refractivity contribution >= 4 is 44.6 Å². The van der Waals surface area contributed by atoms with Gasteiger partial charge in [0, 0.05) is 51.5 Å². The van der Waals surface area contributed by atoms with E-state index in [0.717, 1.165) is 61.7 Å². The van der Waals surface area contributed by atoms with E-state index in [4.69, 9.17) is 9.72 Å². The Morgan fingerprint density at radius 1 is 0.370 bits per heavy atom. The molecule has 0 atom stereocenters. The molecule has 5 heteroatoms. The zero-order valence-corrected chi connectivity index (χ0v) is 49.2. The maximum Gasteiger partial charge on any atom is 0.137 e. The number of para-hydroxylation sites is 3. The molecule has 0 aliphatic carbocycles. The van der Waals surface area contributed by atoms with Crippen LogP contribution in [-0.2, 0) is 21.7 Å². The Hall–Kier alpha value is -8.67. The largest absolute Gasteiger partial charge is 0.457 e. The second-order valence-electron chi connectivity index (χ2n) is 26.2. The molecule has 3 heterocycles. The summed E-state index contributed by atoms with van der Waals surface area (Å²) in [6.45, 7) is 27.9. The van der Waals surface area contributed by atoms with Gasteiger partial charge >= 0.3 is 0 Å². The van der Waals surface area contributed by atoms with Crippen LogP contribution in [0.4, 0.5) is 22.7 Å². The Morgan fingerprint density at radius 2 is 0.889 bits per heavy atom. The van der Waals surface area contributed by atoms with Crippen molar-refractivity contribution in [3.05, 3.63) is 241 Å². The summed E-state index contributed by atoms with van der Waals surface area (Å²) in [7, 11) is 0. The van der Waals surface area contributed by atoms with Gasteiger partial charge in [-0.15, -0.1) is 0 Å². The lowest BCUT2D eigenvalue weighted by Crippen LogP contribution is -2.25. The fourth-order valence-electron chi connectivity index (χ4n) is 11.8. The number of pyridine rings is 1.